The van der Waals surface area contributed by atoms with Gasteiger partial charge in [-0.05, 0) is 32.9 Å². The first kappa shape index (κ1) is 36.7. The summed E-state index contributed by atoms with van der Waals surface area (Å²) < 4.78 is 48.5. The second kappa shape index (κ2) is 24.3. The van der Waals surface area contributed by atoms with Crippen LogP contribution in [0.3, 0.4) is 0 Å². The molecule has 1 aromatic rings. The minimum absolute atomic E-state index is 0.199. The number of ether oxygens (including phenoxy) is 9. The molecule has 12 heteroatoms. The lowest BCUT2D eigenvalue weighted by atomic mass is 10.2. The predicted molar refractivity (Wildman–Crippen MR) is 151 cm³/mol. The molecule has 0 saturated heterocycles. The number of esters is 1. The molecule has 0 spiro atoms. The van der Waals surface area contributed by atoms with E-state index in [2.05, 4.69) is 0 Å². The fraction of sp³-hybridized carbons (Fsp3) is 0.724. The molecular formula is C29H49NO11. The molecule has 12 nitrogen and oxygen atoms in total. The van der Waals surface area contributed by atoms with Crippen LogP contribution >= 0.6 is 0 Å². The predicted octanol–water partition coefficient (Wildman–Crippen LogP) is 2.83. The van der Waals surface area contributed by atoms with Crippen LogP contribution in [0.15, 0.2) is 30.3 Å². The molecule has 236 valence electrons. The molecule has 0 radical (unpaired) electrons. The zero-order valence-electron chi connectivity index (χ0n) is 25.1. The van der Waals surface area contributed by atoms with Gasteiger partial charge in [-0.25, -0.2) is 9.59 Å². The van der Waals surface area contributed by atoms with Crippen LogP contribution in [0.1, 0.15) is 31.1 Å². The number of benzene rings is 1. The van der Waals surface area contributed by atoms with Crippen LogP contribution in [-0.2, 0) is 42.6 Å². The summed E-state index contributed by atoms with van der Waals surface area (Å²) in [5.74, 6) is -0.359. The number of carbonyl (C=O) groups excluding carboxylic acids is 2. The molecule has 0 aliphatic heterocycles. The summed E-state index contributed by atoms with van der Waals surface area (Å²) in [6.07, 6.45) is -0.367. The van der Waals surface area contributed by atoms with E-state index in [0.717, 1.165) is 0 Å². The number of amides is 1. The molecule has 1 aromatic carbocycles. The number of hydrogen-bond acceptors (Lipinski definition) is 11. The molecule has 0 unspecified atom stereocenters. The zero-order chi connectivity index (χ0) is 30.0. The quantitative estimate of drug-likeness (QED) is 0.124. The maximum Gasteiger partial charge on any atom is 0.410 e. The van der Waals surface area contributed by atoms with Gasteiger partial charge in [0.25, 0.3) is 0 Å². The SMILES string of the molecule is CN(CCOCCOCCOCCOCCOCCOCCOCCOC(=O)c1ccccc1)C(=O)OC(C)(C)C. The van der Waals surface area contributed by atoms with E-state index in [4.69, 9.17) is 42.6 Å². The molecule has 0 saturated carbocycles. The molecular weight excluding hydrogens is 538 g/mol. The number of nitrogens with zero attached hydrogens (tertiary/aromatic N) is 1. The van der Waals surface area contributed by atoms with E-state index in [1.165, 1.54) is 4.90 Å². The molecule has 0 heterocycles. The van der Waals surface area contributed by atoms with Crippen LogP contribution in [0.2, 0.25) is 0 Å². The van der Waals surface area contributed by atoms with E-state index in [0.29, 0.717) is 105 Å². The molecule has 0 aromatic heterocycles. The smallest absolute Gasteiger partial charge is 0.410 e. The van der Waals surface area contributed by atoms with E-state index >= 15 is 0 Å². The normalized spacial score (nSPS) is 11.4. The van der Waals surface area contributed by atoms with Crippen molar-refractivity contribution >= 4 is 12.1 Å². The Morgan fingerprint density at radius 1 is 0.585 bits per heavy atom. The van der Waals surface area contributed by atoms with Crippen molar-refractivity contribution < 1.29 is 52.2 Å². The average Bonchev–Trinajstić information content (AvgIpc) is 2.94. The van der Waals surface area contributed by atoms with Gasteiger partial charge in [-0.3, -0.25) is 0 Å². The van der Waals surface area contributed by atoms with Crippen LogP contribution in [0.5, 0.6) is 0 Å². The highest BCUT2D eigenvalue weighted by atomic mass is 16.6. The molecule has 0 N–H and O–H groups in total. The second-order valence-electron chi connectivity index (χ2n) is 9.69. The second-order valence-corrected chi connectivity index (χ2v) is 9.69. The minimum Gasteiger partial charge on any atom is -0.460 e. The Labute approximate surface area is 244 Å². The van der Waals surface area contributed by atoms with Crippen molar-refractivity contribution in [3.8, 4) is 0 Å². The first-order valence-electron chi connectivity index (χ1n) is 14.0. The fourth-order valence-electron chi connectivity index (χ4n) is 2.91. The molecule has 0 atom stereocenters. The third-order valence-corrected chi connectivity index (χ3v) is 4.98. The highest BCUT2D eigenvalue weighted by Gasteiger charge is 2.19. The highest BCUT2D eigenvalue weighted by Crippen LogP contribution is 2.08. The summed E-state index contributed by atoms with van der Waals surface area (Å²) in [4.78, 5) is 25.1. The van der Waals surface area contributed by atoms with E-state index < -0.39 is 5.60 Å². The number of carbonyl (C=O) groups is 2. The van der Waals surface area contributed by atoms with Crippen LogP contribution in [0, 0.1) is 0 Å². The van der Waals surface area contributed by atoms with Gasteiger partial charge in [0, 0.05) is 13.6 Å². The van der Waals surface area contributed by atoms with Gasteiger partial charge in [0.1, 0.15) is 12.2 Å². The van der Waals surface area contributed by atoms with E-state index in [1.54, 1.807) is 31.3 Å². The lowest BCUT2D eigenvalue weighted by Crippen LogP contribution is -2.36. The standard InChI is InChI=1S/C29H49NO11/c1-29(2,3)41-28(32)30(4)10-11-33-12-13-34-14-15-35-16-17-36-18-19-37-20-21-38-22-23-39-24-25-40-27(31)26-8-6-5-7-9-26/h5-9H,10-25H2,1-4H3. The topological polar surface area (TPSA) is 120 Å². The van der Waals surface area contributed by atoms with Gasteiger partial charge in [-0.2, -0.15) is 0 Å². The Morgan fingerprint density at radius 2 is 0.951 bits per heavy atom. The van der Waals surface area contributed by atoms with Gasteiger partial charge in [0.15, 0.2) is 0 Å². The van der Waals surface area contributed by atoms with Crippen molar-refractivity contribution in [1.82, 2.24) is 4.90 Å². The average molecular weight is 588 g/mol. The first-order valence-corrected chi connectivity index (χ1v) is 14.0. The minimum atomic E-state index is -0.511. The van der Waals surface area contributed by atoms with Crippen LogP contribution in [-0.4, -0.2) is 135 Å². The molecule has 1 amide bonds. The van der Waals surface area contributed by atoms with Gasteiger partial charge < -0.3 is 47.5 Å². The van der Waals surface area contributed by atoms with Gasteiger partial charge in [-0.15, -0.1) is 0 Å². The van der Waals surface area contributed by atoms with Gasteiger partial charge >= 0.3 is 12.1 Å². The van der Waals surface area contributed by atoms with E-state index in [-0.39, 0.29) is 18.7 Å². The Balaban J connectivity index is 1.72. The Kier molecular flexibility index (Phi) is 21.8. The summed E-state index contributed by atoms with van der Waals surface area (Å²) in [5, 5.41) is 0. The zero-order valence-corrected chi connectivity index (χ0v) is 25.1. The summed E-state index contributed by atoms with van der Waals surface area (Å²) in [7, 11) is 1.68. The third kappa shape index (κ3) is 23.0. The largest absolute Gasteiger partial charge is 0.460 e. The number of likely N-dealkylation sites (N-methyl/N-ethyl adjacent to an activating group) is 1. The molecule has 0 fully saturated rings. The van der Waals surface area contributed by atoms with E-state index in [1.807, 2.05) is 26.8 Å². The van der Waals surface area contributed by atoms with Gasteiger partial charge in [0.05, 0.1) is 98.1 Å². The third-order valence-electron chi connectivity index (χ3n) is 4.98. The summed E-state index contributed by atoms with van der Waals surface area (Å²) in [5.41, 5.74) is 0.0116. The van der Waals surface area contributed by atoms with Crippen LogP contribution in [0.4, 0.5) is 4.79 Å². The molecule has 0 aliphatic carbocycles. The fourth-order valence-corrected chi connectivity index (χ4v) is 2.91. The molecule has 41 heavy (non-hydrogen) atoms. The van der Waals surface area contributed by atoms with Crippen molar-refractivity contribution in [2.24, 2.45) is 0 Å². The van der Waals surface area contributed by atoms with Crippen molar-refractivity contribution in [3.05, 3.63) is 35.9 Å². The Hall–Kier alpha value is -2.32. The summed E-state index contributed by atoms with van der Waals surface area (Å²) in [6, 6.07) is 8.84. The molecule has 1 rings (SSSR count). The Bertz CT molecular complexity index is 774. The molecule has 0 aliphatic rings. The Morgan fingerprint density at radius 3 is 1.34 bits per heavy atom. The number of hydrogen-bond donors (Lipinski definition) is 0. The van der Waals surface area contributed by atoms with Crippen molar-refractivity contribution in [1.29, 1.82) is 0 Å². The van der Waals surface area contributed by atoms with E-state index in [9.17, 15) is 9.59 Å². The van der Waals surface area contributed by atoms with Gasteiger partial charge in [0.2, 0.25) is 0 Å². The first-order chi connectivity index (χ1) is 19.8. The lowest BCUT2D eigenvalue weighted by molar-refractivity contribution is -0.0228. The monoisotopic (exact) mass is 587 g/mol. The lowest BCUT2D eigenvalue weighted by Gasteiger charge is -2.24. The van der Waals surface area contributed by atoms with Crippen LogP contribution in [0.25, 0.3) is 0 Å². The van der Waals surface area contributed by atoms with Crippen molar-refractivity contribution in [2.75, 3.05) is 113 Å². The summed E-state index contributed by atoms with van der Waals surface area (Å²) >= 11 is 0. The molecule has 0 bridgehead atoms. The number of rotatable bonds is 25. The van der Waals surface area contributed by atoms with Crippen molar-refractivity contribution in [3.63, 3.8) is 0 Å². The maximum absolute atomic E-state index is 11.8. The van der Waals surface area contributed by atoms with Crippen LogP contribution < -0.4 is 0 Å². The van der Waals surface area contributed by atoms with Crippen molar-refractivity contribution in [2.45, 2.75) is 26.4 Å². The highest BCUT2D eigenvalue weighted by molar-refractivity contribution is 5.89. The summed E-state index contributed by atoms with van der Waals surface area (Å²) in [6.45, 7) is 12.4. The van der Waals surface area contributed by atoms with Gasteiger partial charge in [-0.1, -0.05) is 18.2 Å². The maximum atomic E-state index is 11.8.